The Morgan fingerprint density at radius 3 is 2.64 bits per heavy atom. The first-order valence-electron chi connectivity index (χ1n) is 12.9. The van der Waals surface area contributed by atoms with Gasteiger partial charge in [-0.3, -0.25) is 9.69 Å². The number of alkyl halides is 3. The Labute approximate surface area is 209 Å². The predicted octanol–water partition coefficient (Wildman–Crippen LogP) is 3.91. The second kappa shape index (κ2) is 10.4. The van der Waals surface area contributed by atoms with Crippen LogP contribution in [0.15, 0.2) is 36.4 Å². The molecule has 6 nitrogen and oxygen atoms in total. The van der Waals surface area contributed by atoms with Crippen molar-refractivity contribution >= 4 is 11.7 Å². The zero-order valence-corrected chi connectivity index (χ0v) is 20.3. The number of aromatic nitrogens is 1. The van der Waals surface area contributed by atoms with Gasteiger partial charge in [0.2, 0.25) is 5.91 Å². The number of anilines is 1. The number of aliphatic hydroxyl groups is 1. The molecule has 0 unspecified atom stereocenters. The zero-order chi connectivity index (χ0) is 25.3. The van der Waals surface area contributed by atoms with Crippen LogP contribution in [-0.4, -0.2) is 65.1 Å². The number of halogens is 3. The highest BCUT2D eigenvalue weighted by Crippen LogP contribution is 2.33. The minimum absolute atomic E-state index is 0.136. The van der Waals surface area contributed by atoms with E-state index in [1.54, 1.807) is 0 Å². The molecule has 3 aliphatic heterocycles. The van der Waals surface area contributed by atoms with Gasteiger partial charge in [0.1, 0.15) is 5.82 Å². The summed E-state index contributed by atoms with van der Waals surface area (Å²) in [5.41, 5.74) is 2.31. The van der Waals surface area contributed by atoms with E-state index in [9.17, 15) is 23.1 Å². The topological polar surface area (TPSA) is 68.7 Å². The summed E-state index contributed by atoms with van der Waals surface area (Å²) in [7, 11) is 0. The van der Waals surface area contributed by atoms with Crippen LogP contribution in [0.2, 0.25) is 0 Å². The molecule has 1 aromatic heterocycles. The number of carbonyl (C=O) groups is 1. The van der Waals surface area contributed by atoms with Crippen LogP contribution in [0.5, 0.6) is 0 Å². The molecule has 1 aromatic carbocycles. The van der Waals surface area contributed by atoms with E-state index in [1.807, 2.05) is 9.80 Å². The standard InChI is InChI=1S/C27H33F3N4O2/c28-27(29,30)22-7-4-19(5-8-22)24(17-35)33-13-11-21(16-33)26(36)34-14-18(15-34)3-9-23-10-6-20-2-1-12-31-25(20)32-23/h4-8,10,18,21,24,35H,1-3,9,11-17H2,(H,31,32)/t21-,24+/m1/s1. The number of amides is 1. The molecule has 2 atom stereocenters. The highest BCUT2D eigenvalue weighted by atomic mass is 19.4. The molecule has 2 fully saturated rings. The number of benzene rings is 1. The van der Waals surface area contributed by atoms with Gasteiger partial charge >= 0.3 is 6.18 Å². The number of aliphatic hydroxyl groups excluding tert-OH is 1. The van der Waals surface area contributed by atoms with E-state index in [2.05, 4.69) is 17.4 Å². The fourth-order valence-corrected chi connectivity index (χ4v) is 5.65. The number of nitrogens with one attached hydrogen (secondary N) is 1. The van der Waals surface area contributed by atoms with Gasteiger partial charge in [-0.05, 0) is 73.9 Å². The van der Waals surface area contributed by atoms with Gasteiger partial charge in [0.05, 0.1) is 24.1 Å². The molecule has 0 bridgehead atoms. The predicted molar refractivity (Wildman–Crippen MR) is 130 cm³/mol. The van der Waals surface area contributed by atoms with Crippen LogP contribution in [0.3, 0.4) is 0 Å². The van der Waals surface area contributed by atoms with E-state index in [-0.39, 0.29) is 18.4 Å². The molecular weight excluding hydrogens is 469 g/mol. The van der Waals surface area contributed by atoms with Crippen LogP contribution >= 0.6 is 0 Å². The number of carbonyl (C=O) groups excluding carboxylic acids is 1. The largest absolute Gasteiger partial charge is 0.416 e. The van der Waals surface area contributed by atoms with Crippen LogP contribution in [0.1, 0.15) is 47.7 Å². The number of aryl methyl sites for hydroxylation is 2. The van der Waals surface area contributed by atoms with Gasteiger partial charge in [-0.15, -0.1) is 0 Å². The lowest BCUT2D eigenvalue weighted by Crippen LogP contribution is -2.52. The molecule has 9 heteroatoms. The van der Waals surface area contributed by atoms with Crippen LogP contribution in [0, 0.1) is 11.8 Å². The molecule has 3 aliphatic rings. The molecule has 194 valence electrons. The lowest BCUT2D eigenvalue weighted by atomic mass is 9.91. The van der Waals surface area contributed by atoms with E-state index < -0.39 is 17.8 Å². The fourth-order valence-electron chi connectivity index (χ4n) is 5.65. The molecule has 1 amide bonds. The Bertz CT molecular complexity index is 1070. The van der Waals surface area contributed by atoms with Gasteiger partial charge in [-0.2, -0.15) is 13.2 Å². The summed E-state index contributed by atoms with van der Waals surface area (Å²) in [6.45, 7) is 3.45. The summed E-state index contributed by atoms with van der Waals surface area (Å²) < 4.78 is 38.6. The second-order valence-electron chi connectivity index (χ2n) is 10.3. The van der Waals surface area contributed by atoms with Crippen LogP contribution in [-0.2, 0) is 23.8 Å². The van der Waals surface area contributed by atoms with Crippen molar-refractivity contribution in [2.24, 2.45) is 11.8 Å². The monoisotopic (exact) mass is 502 g/mol. The minimum atomic E-state index is -4.39. The normalized spacial score (nSPS) is 21.6. The van der Waals surface area contributed by atoms with Crippen molar-refractivity contribution in [2.45, 2.75) is 44.3 Å². The SMILES string of the molecule is O=C([C@@H]1CCN([C@@H](CO)c2ccc(C(F)(F)F)cc2)C1)N1CC(CCc2ccc3c(n2)NCCC3)C1. The number of hydrogen-bond acceptors (Lipinski definition) is 5. The van der Waals surface area contributed by atoms with E-state index in [1.165, 1.54) is 17.7 Å². The number of pyridine rings is 1. The number of nitrogens with zero attached hydrogens (tertiary/aromatic N) is 3. The van der Waals surface area contributed by atoms with Crippen LogP contribution in [0.25, 0.3) is 0 Å². The molecular formula is C27H33F3N4O2. The maximum absolute atomic E-state index is 13.0. The van der Waals surface area contributed by atoms with Gasteiger partial charge in [-0.1, -0.05) is 18.2 Å². The van der Waals surface area contributed by atoms with Gasteiger partial charge in [0, 0.05) is 31.9 Å². The Hall–Kier alpha value is -2.65. The maximum atomic E-state index is 13.0. The van der Waals surface area contributed by atoms with Crippen molar-refractivity contribution in [3.63, 3.8) is 0 Å². The summed E-state index contributed by atoms with van der Waals surface area (Å²) in [6.07, 6.45) is 0.452. The highest BCUT2D eigenvalue weighted by molar-refractivity contribution is 5.80. The smallest absolute Gasteiger partial charge is 0.394 e. The quantitative estimate of drug-likeness (QED) is 0.601. The summed E-state index contributed by atoms with van der Waals surface area (Å²) in [5.74, 6) is 1.51. The first kappa shape index (κ1) is 25.0. The molecule has 2 N–H and O–H groups in total. The molecule has 2 saturated heterocycles. The summed E-state index contributed by atoms with van der Waals surface area (Å²) in [5, 5.41) is 13.3. The minimum Gasteiger partial charge on any atom is -0.394 e. The summed E-state index contributed by atoms with van der Waals surface area (Å²) >= 11 is 0. The van der Waals surface area contributed by atoms with E-state index >= 15 is 0 Å². The first-order chi connectivity index (χ1) is 17.3. The third kappa shape index (κ3) is 5.37. The Balaban J connectivity index is 1.09. The van der Waals surface area contributed by atoms with Gasteiger partial charge in [0.15, 0.2) is 0 Å². The number of hydrogen-bond donors (Lipinski definition) is 2. The Kier molecular flexibility index (Phi) is 7.21. The van der Waals surface area contributed by atoms with Crippen molar-refractivity contribution < 1.29 is 23.1 Å². The van der Waals surface area contributed by atoms with Gasteiger partial charge in [0.25, 0.3) is 0 Å². The molecule has 0 saturated carbocycles. The zero-order valence-electron chi connectivity index (χ0n) is 20.3. The Morgan fingerprint density at radius 1 is 1.14 bits per heavy atom. The molecule has 0 aliphatic carbocycles. The van der Waals surface area contributed by atoms with Crippen LogP contribution in [0.4, 0.5) is 19.0 Å². The Morgan fingerprint density at radius 2 is 1.92 bits per heavy atom. The molecule has 36 heavy (non-hydrogen) atoms. The first-order valence-corrected chi connectivity index (χ1v) is 12.9. The lowest BCUT2D eigenvalue weighted by Gasteiger charge is -2.41. The van der Waals surface area contributed by atoms with E-state index in [4.69, 9.17) is 4.98 Å². The number of fused-ring (bicyclic) bond motifs is 1. The maximum Gasteiger partial charge on any atom is 0.416 e. The number of likely N-dealkylation sites (tertiary alicyclic amines) is 2. The van der Waals surface area contributed by atoms with Crippen molar-refractivity contribution in [2.75, 3.05) is 44.6 Å². The average molecular weight is 503 g/mol. The molecule has 0 radical (unpaired) electrons. The van der Waals surface area contributed by atoms with Crippen molar-refractivity contribution in [3.05, 3.63) is 58.8 Å². The highest BCUT2D eigenvalue weighted by Gasteiger charge is 2.39. The van der Waals surface area contributed by atoms with Gasteiger partial charge in [-0.25, -0.2) is 4.98 Å². The lowest BCUT2D eigenvalue weighted by molar-refractivity contribution is -0.142. The fraction of sp³-hybridized carbons (Fsp3) is 0.556. The van der Waals surface area contributed by atoms with E-state index in [0.29, 0.717) is 31.0 Å². The molecule has 4 heterocycles. The van der Waals surface area contributed by atoms with Crippen molar-refractivity contribution in [1.29, 1.82) is 0 Å². The number of rotatable bonds is 7. The summed E-state index contributed by atoms with van der Waals surface area (Å²) in [6, 6.07) is 8.83. The van der Waals surface area contributed by atoms with Crippen molar-refractivity contribution in [3.8, 4) is 0 Å². The van der Waals surface area contributed by atoms with Crippen LogP contribution < -0.4 is 5.32 Å². The second-order valence-corrected chi connectivity index (χ2v) is 10.3. The summed E-state index contributed by atoms with van der Waals surface area (Å²) in [4.78, 5) is 21.7. The van der Waals surface area contributed by atoms with Crippen molar-refractivity contribution in [1.82, 2.24) is 14.8 Å². The molecule has 5 rings (SSSR count). The third-order valence-corrected chi connectivity index (χ3v) is 7.83. The molecule has 2 aromatic rings. The van der Waals surface area contributed by atoms with Gasteiger partial charge < -0.3 is 15.3 Å². The van der Waals surface area contributed by atoms with E-state index in [0.717, 1.165) is 69.0 Å². The third-order valence-electron chi connectivity index (χ3n) is 7.83. The molecule has 0 spiro atoms. The average Bonchev–Trinajstić information content (AvgIpc) is 3.33.